The van der Waals surface area contributed by atoms with E-state index in [-0.39, 0.29) is 35.0 Å². The van der Waals surface area contributed by atoms with Crippen molar-refractivity contribution < 1.29 is 30.7 Å². The van der Waals surface area contributed by atoms with Crippen molar-refractivity contribution in [3.8, 4) is 17.1 Å². The average Bonchev–Trinajstić information content (AvgIpc) is 3.18. The molecule has 8 nitrogen and oxygen atoms in total. The van der Waals surface area contributed by atoms with Crippen LogP contribution in [0.15, 0.2) is 40.0 Å². The van der Waals surface area contributed by atoms with Gasteiger partial charge in [0.2, 0.25) is 5.89 Å². The van der Waals surface area contributed by atoms with E-state index in [1.807, 2.05) is 0 Å². The summed E-state index contributed by atoms with van der Waals surface area (Å²) in [5, 5.41) is 0.148. The first kappa shape index (κ1) is 25.1. The molecule has 2 N–H and O–H groups in total. The fourth-order valence-electron chi connectivity index (χ4n) is 2.56. The molecule has 0 spiro atoms. The van der Waals surface area contributed by atoms with Crippen LogP contribution in [0, 0.1) is 0 Å². The number of alkyl halides is 3. The van der Waals surface area contributed by atoms with Crippen molar-refractivity contribution in [3.63, 3.8) is 0 Å². The summed E-state index contributed by atoms with van der Waals surface area (Å²) in [4.78, 5) is 11.4. The quantitative estimate of drug-likeness (QED) is 0.246. The number of nitrogen functional groups attached to an aromatic ring is 1. The Morgan fingerprint density at radius 1 is 1.24 bits per heavy atom. The zero-order valence-corrected chi connectivity index (χ0v) is 19.5. The van der Waals surface area contributed by atoms with Crippen LogP contribution in [0.1, 0.15) is 18.0 Å². The number of ether oxygens (including phenoxy) is 1. The van der Waals surface area contributed by atoms with Gasteiger partial charge in [0.05, 0.1) is 29.3 Å². The molecule has 0 bridgehead atoms. The lowest BCUT2D eigenvalue weighted by Crippen LogP contribution is -2.10. The smallest absolute Gasteiger partial charge is 0.433 e. The second kappa shape index (κ2) is 10.2. The molecule has 33 heavy (non-hydrogen) atoms. The summed E-state index contributed by atoms with van der Waals surface area (Å²) >= 11 is 7.13. The lowest BCUT2D eigenvalue weighted by Gasteiger charge is -2.08. The Kier molecular flexibility index (Phi) is 7.75. The van der Waals surface area contributed by atoms with Gasteiger partial charge < -0.3 is 14.9 Å². The molecule has 0 atom stereocenters. The van der Waals surface area contributed by atoms with Crippen LogP contribution in [0.2, 0.25) is 5.02 Å². The predicted octanol–water partition coefficient (Wildman–Crippen LogP) is 4.49. The molecule has 1 aromatic carbocycles. The number of rotatable bonds is 9. The summed E-state index contributed by atoms with van der Waals surface area (Å²) < 4.78 is 72.1. The first-order chi connectivity index (χ1) is 15.4. The third kappa shape index (κ3) is 7.51. The van der Waals surface area contributed by atoms with Crippen LogP contribution in [0.4, 0.5) is 19.0 Å². The molecule has 0 fully saturated rings. The summed E-state index contributed by atoms with van der Waals surface area (Å²) in [5.74, 6) is 0.826. The number of nitrogens with zero attached hydrogens (tertiary/aromatic N) is 3. The Balaban J connectivity index is 1.62. The van der Waals surface area contributed by atoms with E-state index in [9.17, 15) is 21.6 Å². The second-order valence-electron chi connectivity index (χ2n) is 6.84. The normalized spacial score (nSPS) is 12.2. The van der Waals surface area contributed by atoms with Gasteiger partial charge in [0.1, 0.15) is 21.4 Å². The highest BCUT2D eigenvalue weighted by atomic mass is 35.5. The van der Waals surface area contributed by atoms with Crippen molar-refractivity contribution in [2.24, 2.45) is 0 Å². The zero-order valence-electron chi connectivity index (χ0n) is 17.1. The third-order valence-corrected chi connectivity index (χ3v) is 6.19. The number of oxazole rings is 1. The number of halogens is 4. The topological polar surface area (TPSA) is 121 Å². The van der Waals surface area contributed by atoms with Gasteiger partial charge in [-0.25, -0.2) is 23.4 Å². The highest BCUT2D eigenvalue weighted by Gasteiger charge is 2.33. The van der Waals surface area contributed by atoms with Crippen LogP contribution < -0.4 is 10.5 Å². The van der Waals surface area contributed by atoms with Crippen molar-refractivity contribution in [2.45, 2.75) is 23.5 Å². The van der Waals surface area contributed by atoms with E-state index in [4.69, 9.17) is 26.5 Å². The fourth-order valence-corrected chi connectivity index (χ4v) is 4.16. The van der Waals surface area contributed by atoms with Crippen molar-refractivity contribution in [1.29, 1.82) is 0 Å². The van der Waals surface area contributed by atoms with Crippen molar-refractivity contribution in [2.75, 3.05) is 24.3 Å². The molecule has 0 saturated heterocycles. The number of anilines is 1. The van der Waals surface area contributed by atoms with E-state index in [1.54, 1.807) is 18.2 Å². The average molecular weight is 523 g/mol. The van der Waals surface area contributed by atoms with Crippen LogP contribution in [0.25, 0.3) is 11.3 Å². The number of benzene rings is 1. The molecule has 14 heteroatoms. The lowest BCUT2D eigenvalue weighted by atomic mass is 10.2. The monoisotopic (exact) mass is 522 g/mol. The Labute approximate surface area is 196 Å². The number of hydrogen-bond donors (Lipinski definition) is 1. The summed E-state index contributed by atoms with van der Waals surface area (Å²) in [7, 11) is -3.06. The summed E-state index contributed by atoms with van der Waals surface area (Å²) in [6, 6.07) is 5.57. The van der Waals surface area contributed by atoms with Crippen LogP contribution in [0.5, 0.6) is 5.75 Å². The van der Waals surface area contributed by atoms with Crippen LogP contribution in [0.3, 0.4) is 0 Å². The van der Waals surface area contributed by atoms with Crippen LogP contribution >= 0.6 is 23.4 Å². The van der Waals surface area contributed by atoms with Gasteiger partial charge in [0.25, 0.3) is 0 Å². The van der Waals surface area contributed by atoms with Crippen molar-refractivity contribution >= 4 is 39.0 Å². The molecule has 3 aromatic rings. The first-order valence-corrected chi connectivity index (χ1v) is 12.7. The lowest BCUT2D eigenvalue weighted by molar-refractivity contribution is -0.141. The fraction of sp³-hybridized carbons (Fsp3) is 0.316. The zero-order chi connectivity index (χ0) is 24.2. The largest absolute Gasteiger partial charge is 0.492 e. The third-order valence-electron chi connectivity index (χ3n) is 4.03. The van der Waals surface area contributed by atoms with E-state index < -0.39 is 21.7 Å². The second-order valence-corrected chi connectivity index (χ2v) is 10.5. The van der Waals surface area contributed by atoms with E-state index in [2.05, 4.69) is 15.0 Å². The van der Waals surface area contributed by atoms with Gasteiger partial charge in [-0.15, -0.1) is 0 Å². The Morgan fingerprint density at radius 2 is 2.00 bits per heavy atom. The number of thioether (sulfide) groups is 1. The Hall–Kier alpha value is -2.51. The molecule has 0 aliphatic rings. The predicted molar refractivity (Wildman–Crippen MR) is 118 cm³/mol. The number of hydrogen-bond acceptors (Lipinski definition) is 9. The van der Waals surface area contributed by atoms with Gasteiger partial charge in [-0.2, -0.15) is 13.2 Å². The molecule has 0 radical (unpaired) electrons. The molecule has 178 valence electrons. The van der Waals surface area contributed by atoms with E-state index in [0.717, 1.165) is 18.0 Å². The molecule has 0 amide bonds. The summed E-state index contributed by atoms with van der Waals surface area (Å²) in [6.07, 6.45) is -1.69. The molecule has 2 heterocycles. The molecule has 3 rings (SSSR count). The minimum absolute atomic E-state index is 0.0136. The summed E-state index contributed by atoms with van der Waals surface area (Å²) in [6.45, 7) is 0.192. The number of sulfone groups is 1. The minimum atomic E-state index is -4.63. The van der Waals surface area contributed by atoms with Crippen LogP contribution in [-0.4, -0.2) is 42.0 Å². The van der Waals surface area contributed by atoms with Gasteiger partial charge >= 0.3 is 6.18 Å². The molecule has 0 unspecified atom stereocenters. The molecular formula is C19H18ClF3N4O4S2. The maximum absolute atomic E-state index is 12.9. The van der Waals surface area contributed by atoms with E-state index in [0.29, 0.717) is 34.6 Å². The van der Waals surface area contributed by atoms with Gasteiger partial charge in [-0.05, 0) is 24.6 Å². The molecule has 0 aliphatic heterocycles. The molecular weight excluding hydrogens is 505 g/mol. The van der Waals surface area contributed by atoms with Crippen molar-refractivity contribution in [3.05, 3.63) is 47.1 Å². The number of aromatic nitrogens is 3. The van der Waals surface area contributed by atoms with Crippen LogP contribution in [-0.2, 0) is 21.8 Å². The van der Waals surface area contributed by atoms with Gasteiger partial charge in [-0.1, -0.05) is 23.4 Å². The molecule has 0 saturated carbocycles. The maximum Gasteiger partial charge on any atom is 0.433 e. The van der Waals surface area contributed by atoms with Gasteiger partial charge in [0, 0.05) is 17.9 Å². The maximum atomic E-state index is 12.9. The SMILES string of the molecule is CS(=O)(=O)CCCOc1ccc(-c2cnc(CSc3nc(N)cc(C(F)(F)F)n3)o2)cc1Cl. The standard InChI is InChI=1S/C19H18ClF3N4O4S2/c1-33(28,29)6-2-5-30-13-4-3-11(7-12(13)20)14-9-25-17(31-14)10-32-18-26-15(19(21,22)23)8-16(24)27-18/h3-4,7-9H,2,5-6,10H2,1H3,(H2,24,26,27). The minimum Gasteiger partial charge on any atom is -0.492 e. The molecule has 2 aromatic heterocycles. The Morgan fingerprint density at radius 3 is 2.67 bits per heavy atom. The van der Waals surface area contributed by atoms with Gasteiger partial charge in [0.15, 0.2) is 16.6 Å². The van der Waals surface area contributed by atoms with E-state index in [1.165, 1.54) is 6.20 Å². The highest BCUT2D eigenvalue weighted by molar-refractivity contribution is 7.98. The summed E-state index contributed by atoms with van der Waals surface area (Å²) in [5.41, 5.74) is 4.91. The van der Waals surface area contributed by atoms with Gasteiger partial charge in [-0.3, -0.25) is 0 Å². The number of nitrogens with two attached hydrogens (primary N) is 1. The van der Waals surface area contributed by atoms with E-state index >= 15 is 0 Å². The molecule has 0 aliphatic carbocycles. The first-order valence-electron chi connectivity index (χ1n) is 9.30. The van der Waals surface area contributed by atoms with Crippen molar-refractivity contribution in [1.82, 2.24) is 15.0 Å². The highest BCUT2D eigenvalue weighted by Crippen LogP contribution is 2.33. The Bertz CT molecular complexity index is 1240.